The lowest BCUT2D eigenvalue weighted by atomic mass is 10.0. The van der Waals surface area contributed by atoms with E-state index >= 15 is 0 Å². The highest BCUT2D eigenvalue weighted by Crippen LogP contribution is 2.17. The lowest BCUT2D eigenvalue weighted by molar-refractivity contribution is 0.0463. The van der Waals surface area contributed by atoms with Gasteiger partial charge in [-0.05, 0) is 5.56 Å². The highest BCUT2D eigenvalue weighted by atomic mass is 16.6. The fraction of sp³-hybridized carbons (Fsp3) is 0.154. The van der Waals surface area contributed by atoms with Crippen LogP contribution in [0.3, 0.4) is 0 Å². The van der Waals surface area contributed by atoms with Crippen molar-refractivity contribution in [1.82, 2.24) is 4.57 Å². The fourth-order valence-electron chi connectivity index (χ4n) is 1.90. The molecule has 2 aromatic rings. The summed E-state index contributed by atoms with van der Waals surface area (Å²) in [5.74, 6) is -1.20. The van der Waals surface area contributed by atoms with Crippen LogP contribution in [0.1, 0.15) is 16.8 Å². The van der Waals surface area contributed by atoms with Crippen LogP contribution in [0.15, 0.2) is 57.2 Å². The van der Waals surface area contributed by atoms with Crippen LogP contribution in [0.2, 0.25) is 0 Å². The number of oxime groups is 1. The van der Waals surface area contributed by atoms with Crippen molar-refractivity contribution in [2.75, 3.05) is 0 Å². The van der Waals surface area contributed by atoms with Crippen molar-refractivity contribution in [3.63, 3.8) is 0 Å². The zero-order valence-electron chi connectivity index (χ0n) is 9.85. The van der Waals surface area contributed by atoms with Gasteiger partial charge in [-0.1, -0.05) is 35.5 Å². The molecule has 0 saturated carbocycles. The van der Waals surface area contributed by atoms with Gasteiger partial charge >= 0.3 is 5.76 Å². The van der Waals surface area contributed by atoms with Crippen molar-refractivity contribution < 1.29 is 14.0 Å². The molecule has 0 saturated heterocycles. The number of oxazole rings is 1. The van der Waals surface area contributed by atoms with Gasteiger partial charge in [-0.2, -0.15) is 0 Å². The van der Waals surface area contributed by atoms with Gasteiger partial charge in [0.05, 0.1) is 11.9 Å². The smallest absolute Gasteiger partial charge is 0.416 e. The first-order valence-corrected chi connectivity index (χ1v) is 5.74. The predicted octanol–water partition coefficient (Wildman–Crippen LogP) is 1.27. The minimum absolute atomic E-state index is 0.334. The van der Waals surface area contributed by atoms with Crippen LogP contribution in [-0.2, 0) is 4.84 Å². The zero-order valence-corrected chi connectivity index (χ0v) is 9.85. The third-order valence-electron chi connectivity index (χ3n) is 2.86. The summed E-state index contributed by atoms with van der Waals surface area (Å²) >= 11 is 0. The molecule has 6 nitrogen and oxygen atoms in total. The first-order valence-electron chi connectivity index (χ1n) is 5.74. The van der Waals surface area contributed by atoms with Gasteiger partial charge in [-0.15, -0.1) is 0 Å². The average Bonchev–Trinajstić information content (AvgIpc) is 3.08. The number of carbonyl (C=O) groups is 1. The second-order valence-electron chi connectivity index (χ2n) is 4.08. The number of carbonyl (C=O) groups excluding carboxylic acids is 1. The molecule has 0 fully saturated rings. The summed E-state index contributed by atoms with van der Waals surface area (Å²) in [5, 5.41) is 3.90. The van der Waals surface area contributed by atoms with Crippen LogP contribution < -0.4 is 5.76 Å². The molecule has 1 aromatic heterocycles. The molecule has 6 heteroatoms. The Kier molecular flexibility index (Phi) is 2.75. The maximum absolute atomic E-state index is 12.0. The lowest BCUT2D eigenvalue weighted by Gasteiger charge is -2.05. The molecule has 1 aliphatic rings. The zero-order chi connectivity index (χ0) is 13.2. The van der Waals surface area contributed by atoms with Gasteiger partial charge < -0.3 is 9.25 Å². The quantitative estimate of drug-likeness (QED) is 0.813. The second kappa shape index (κ2) is 4.56. The van der Waals surface area contributed by atoms with Gasteiger partial charge in [0.25, 0.3) is 5.91 Å². The number of hydrogen-bond donors (Lipinski definition) is 0. The van der Waals surface area contributed by atoms with Crippen LogP contribution in [0, 0.1) is 0 Å². The van der Waals surface area contributed by atoms with Crippen LogP contribution in [0.4, 0.5) is 0 Å². The molecule has 19 heavy (non-hydrogen) atoms. The summed E-state index contributed by atoms with van der Waals surface area (Å²) in [4.78, 5) is 28.4. The first-order chi connectivity index (χ1) is 9.25. The van der Waals surface area contributed by atoms with E-state index in [0.29, 0.717) is 12.1 Å². The molecule has 0 aliphatic carbocycles. The molecule has 0 amide bonds. The van der Waals surface area contributed by atoms with Gasteiger partial charge in [-0.25, -0.2) is 9.36 Å². The van der Waals surface area contributed by atoms with E-state index in [1.165, 1.54) is 6.20 Å². The van der Waals surface area contributed by atoms with Crippen LogP contribution in [0.5, 0.6) is 0 Å². The maximum atomic E-state index is 12.0. The van der Waals surface area contributed by atoms with Crippen molar-refractivity contribution in [3.05, 3.63) is 58.9 Å². The Hall–Kier alpha value is -2.63. The SMILES string of the molecule is O=C([C@@H]1CC(c2ccccc2)=NO1)n1ccoc1=O. The molecule has 1 atom stereocenters. The molecule has 0 radical (unpaired) electrons. The van der Waals surface area contributed by atoms with Gasteiger partial charge in [-0.3, -0.25) is 4.79 Å². The number of nitrogens with zero attached hydrogens (tertiary/aromatic N) is 2. The summed E-state index contributed by atoms with van der Waals surface area (Å²) < 4.78 is 5.43. The third kappa shape index (κ3) is 2.08. The Morgan fingerprint density at radius 1 is 1.32 bits per heavy atom. The molecular weight excluding hydrogens is 248 g/mol. The number of rotatable bonds is 2. The Morgan fingerprint density at radius 3 is 2.79 bits per heavy atom. The van der Waals surface area contributed by atoms with Gasteiger partial charge in [0.1, 0.15) is 6.26 Å². The molecule has 3 rings (SSSR count). The van der Waals surface area contributed by atoms with Crippen molar-refractivity contribution in [3.8, 4) is 0 Å². The molecule has 1 aliphatic heterocycles. The molecule has 0 N–H and O–H groups in total. The molecular formula is C13H10N2O4. The van der Waals surface area contributed by atoms with Crippen molar-refractivity contribution in [1.29, 1.82) is 0 Å². The highest BCUT2D eigenvalue weighted by Gasteiger charge is 2.30. The normalized spacial score (nSPS) is 17.9. The molecule has 0 spiro atoms. The van der Waals surface area contributed by atoms with E-state index in [1.54, 1.807) is 0 Å². The van der Waals surface area contributed by atoms with E-state index in [0.717, 1.165) is 16.4 Å². The van der Waals surface area contributed by atoms with E-state index < -0.39 is 17.8 Å². The summed E-state index contributed by atoms with van der Waals surface area (Å²) in [6.45, 7) is 0. The van der Waals surface area contributed by atoms with E-state index in [2.05, 4.69) is 9.57 Å². The second-order valence-corrected chi connectivity index (χ2v) is 4.08. The Labute approximate surface area is 107 Å². The van der Waals surface area contributed by atoms with E-state index in [1.807, 2.05) is 30.3 Å². The van der Waals surface area contributed by atoms with Crippen molar-refractivity contribution >= 4 is 11.6 Å². The van der Waals surface area contributed by atoms with Crippen molar-refractivity contribution in [2.45, 2.75) is 12.5 Å². The number of aromatic nitrogens is 1. The number of hydrogen-bond acceptors (Lipinski definition) is 5. The van der Waals surface area contributed by atoms with Gasteiger partial charge in [0.2, 0.25) is 6.10 Å². The Bertz CT molecular complexity index is 684. The van der Waals surface area contributed by atoms with Gasteiger partial charge in [0.15, 0.2) is 0 Å². The predicted molar refractivity (Wildman–Crippen MR) is 66.1 cm³/mol. The summed E-state index contributed by atoms with van der Waals surface area (Å²) in [5.41, 5.74) is 1.59. The summed E-state index contributed by atoms with van der Waals surface area (Å²) in [6.07, 6.45) is 1.98. The van der Waals surface area contributed by atoms with Crippen LogP contribution >= 0.6 is 0 Å². The Morgan fingerprint density at radius 2 is 2.11 bits per heavy atom. The molecule has 1 aromatic carbocycles. The molecule has 0 unspecified atom stereocenters. The third-order valence-corrected chi connectivity index (χ3v) is 2.86. The lowest BCUT2D eigenvalue weighted by Crippen LogP contribution is -2.32. The van der Waals surface area contributed by atoms with Gasteiger partial charge in [0, 0.05) is 6.42 Å². The largest absolute Gasteiger partial charge is 0.425 e. The topological polar surface area (TPSA) is 73.8 Å². The van der Waals surface area contributed by atoms with Crippen LogP contribution in [0.25, 0.3) is 0 Å². The van der Waals surface area contributed by atoms with Crippen LogP contribution in [-0.4, -0.2) is 22.3 Å². The van der Waals surface area contributed by atoms with E-state index in [-0.39, 0.29) is 0 Å². The molecule has 96 valence electrons. The maximum Gasteiger partial charge on any atom is 0.425 e. The van der Waals surface area contributed by atoms with Crippen molar-refractivity contribution in [2.24, 2.45) is 5.16 Å². The first kappa shape index (κ1) is 11.5. The summed E-state index contributed by atoms with van der Waals surface area (Å²) in [7, 11) is 0. The molecule has 2 heterocycles. The summed E-state index contributed by atoms with van der Waals surface area (Å²) in [6, 6.07) is 9.44. The Balaban J connectivity index is 1.77. The minimum atomic E-state index is -0.787. The standard InChI is InChI=1S/C13H10N2O4/c16-12(15-6-7-18-13(15)17)11-8-10(14-19-11)9-4-2-1-3-5-9/h1-7,11H,8H2/t11-/m0/s1. The average molecular weight is 258 g/mol. The monoisotopic (exact) mass is 258 g/mol. The highest BCUT2D eigenvalue weighted by molar-refractivity contribution is 6.04. The molecule has 0 bridgehead atoms. The number of benzene rings is 1. The van der Waals surface area contributed by atoms with E-state index in [9.17, 15) is 9.59 Å². The fourth-order valence-corrected chi connectivity index (χ4v) is 1.90. The minimum Gasteiger partial charge on any atom is -0.416 e. The van der Waals surface area contributed by atoms with E-state index in [4.69, 9.17) is 4.84 Å².